The smallest absolute Gasteiger partial charge is 0.149 e. The zero-order valence-electron chi connectivity index (χ0n) is 9.31. The van der Waals surface area contributed by atoms with E-state index in [-0.39, 0.29) is 0 Å². The average molecular weight is 296 g/mol. The minimum atomic E-state index is 0.655. The first-order chi connectivity index (χ1) is 8.25. The first-order valence-electron chi connectivity index (χ1n) is 5.36. The number of hydrogen-bond donors (Lipinski definition) is 2. The number of nitrogens with two attached hydrogens (primary N) is 1. The van der Waals surface area contributed by atoms with Crippen LogP contribution < -0.4 is 11.1 Å². The molecule has 5 nitrogen and oxygen atoms in total. The Hall–Kier alpha value is -1.56. The zero-order valence-corrected chi connectivity index (χ0v) is 10.9. The van der Waals surface area contributed by atoms with Crippen molar-refractivity contribution in [3.8, 4) is 0 Å². The van der Waals surface area contributed by atoms with E-state index in [4.69, 9.17) is 5.73 Å². The van der Waals surface area contributed by atoms with Crippen molar-refractivity contribution in [2.75, 3.05) is 17.6 Å². The second-order valence-corrected chi connectivity index (χ2v) is 4.59. The Morgan fingerprint density at radius 1 is 1.47 bits per heavy atom. The van der Waals surface area contributed by atoms with E-state index in [1.54, 1.807) is 12.4 Å². The summed E-state index contributed by atoms with van der Waals surface area (Å²) in [6.45, 7) is 1.76. The fourth-order valence-electron chi connectivity index (χ4n) is 1.49. The number of pyridine rings is 1. The van der Waals surface area contributed by atoms with Crippen molar-refractivity contribution < 1.29 is 0 Å². The highest BCUT2D eigenvalue weighted by atomic mass is 79.9. The molecular formula is C11H14BrN5. The van der Waals surface area contributed by atoms with E-state index in [1.165, 1.54) is 0 Å². The van der Waals surface area contributed by atoms with Crippen molar-refractivity contribution in [1.82, 2.24) is 14.5 Å². The van der Waals surface area contributed by atoms with Crippen molar-refractivity contribution in [2.45, 2.75) is 13.0 Å². The lowest BCUT2D eigenvalue weighted by molar-refractivity contribution is 0.660. The molecule has 0 aliphatic heterocycles. The number of nitrogens with zero attached hydrogens (tertiary/aromatic N) is 3. The summed E-state index contributed by atoms with van der Waals surface area (Å²) in [5, 5.41) is 3.21. The van der Waals surface area contributed by atoms with Gasteiger partial charge in [-0.2, -0.15) is 0 Å². The minimum absolute atomic E-state index is 0.655. The fourth-order valence-corrected chi connectivity index (χ4v) is 1.84. The van der Waals surface area contributed by atoms with Gasteiger partial charge in [0.2, 0.25) is 0 Å². The maximum Gasteiger partial charge on any atom is 0.149 e. The fraction of sp³-hybridized carbons (Fsp3) is 0.273. The third-order valence-electron chi connectivity index (χ3n) is 2.33. The molecule has 90 valence electrons. The standard InChI is InChI=1S/C11H14BrN5/c12-9-6-10(13)11(16-7-9)15-2-1-4-17-5-3-14-8-17/h3,5-8H,1-2,4,13H2,(H,15,16). The van der Waals surface area contributed by atoms with Crippen LogP contribution in [0.2, 0.25) is 0 Å². The second kappa shape index (κ2) is 5.67. The summed E-state index contributed by atoms with van der Waals surface area (Å²) >= 11 is 3.32. The lowest BCUT2D eigenvalue weighted by Gasteiger charge is -2.08. The molecule has 2 aromatic rings. The predicted molar refractivity (Wildman–Crippen MR) is 71.7 cm³/mol. The van der Waals surface area contributed by atoms with Gasteiger partial charge in [0.15, 0.2) is 0 Å². The largest absolute Gasteiger partial charge is 0.396 e. The van der Waals surface area contributed by atoms with Crippen LogP contribution in [0.3, 0.4) is 0 Å². The van der Waals surface area contributed by atoms with Gasteiger partial charge in [0.1, 0.15) is 5.82 Å². The number of halogens is 1. The molecule has 2 heterocycles. The Morgan fingerprint density at radius 3 is 3.06 bits per heavy atom. The summed E-state index contributed by atoms with van der Waals surface area (Å²) < 4.78 is 2.93. The van der Waals surface area contributed by atoms with Gasteiger partial charge in [-0.25, -0.2) is 9.97 Å². The molecule has 0 amide bonds. The van der Waals surface area contributed by atoms with Crippen molar-refractivity contribution >= 4 is 27.4 Å². The van der Waals surface area contributed by atoms with E-state index in [0.29, 0.717) is 5.69 Å². The van der Waals surface area contributed by atoms with E-state index in [2.05, 4.69) is 31.2 Å². The molecule has 0 saturated heterocycles. The highest BCUT2D eigenvalue weighted by molar-refractivity contribution is 9.10. The normalized spacial score (nSPS) is 10.4. The third-order valence-corrected chi connectivity index (χ3v) is 2.76. The molecule has 0 saturated carbocycles. The lowest BCUT2D eigenvalue weighted by atomic mass is 10.3. The molecule has 0 aliphatic carbocycles. The molecule has 2 rings (SSSR count). The third kappa shape index (κ3) is 3.45. The molecule has 0 atom stereocenters. The Bertz CT molecular complexity index is 469. The van der Waals surface area contributed by atoms with Crippen LogP contribution >= 0.6 is 15.9 Å². The van der Waals surface area contributed by atoms with Gasteiger partial charge in [0.25, 0.3) is 0 Å². The number of imidazole rings is 1. The van der Waals surface area contributed by atoms with E-state index >= 15 is 0 Å². The minimum Gasteiger partial charge on any atom is -0.396 e. The van der Waals surface area contributed by atoms with Crippen LogP contribution in [0.15, 0.2) is 35.5 Å². The van der Waals surface area contributed by atoms with Crippen molar-refractivity contribution in [2.24, 2.45) is 0 Å². The molecule has 2 aromatic heterocycles. The number of rotatable bonds is 5. The highest BCUT2D eigenvalue weighted by Crippen LogP contribution is 2.19. The summed E-state index contributed by atoms with van der Waals surface area (Å²) in [5.41, 5.74) is 6.48. The zero-order chi connectivity index (χ0) is 12.1. The van der Waals surface area contributed by atoms with E-state index in [9.17, 15) is 0 Å². The van der Waals surface area contributed by atoms with Crippen LogP contribution in [0.1, 0.15) is 6.42 Å². The number of aromatic nitrogens is 3. The molecule has 0 bridgehead atoms. The number of aryl methyl sites for hydroxylation is 1. The highest BCUT2D eigenvalue weighted by Gasteiger charge is 2.00. The molecule has 17 heavy (non-hydrogen) atoms. The maximum atomic E-state index is 5.83. The van der Waals surface area contributed by atoms with Crippen LogP contribution in [0, 0.1) is 0 Å². The maximum absolute atomic E-state index is 5.83. The molecule has 0 unspecified atom stereocenters. The van der Waals surface area contributed by atoms with E-state index in [1.807, 2.05) is 23.2 Å². The number of hydrogen-bond acceptors (Lipinski definition) is 4. The lowest BCUT2D eigenvalue weighted by Crippen LogP contribution is -2.08. The van der Waals surface area contributed by atoms with Gasteiger partial charge in [-0.1, -0.05) is 0 Å². The van der Waals surface area contributed by atoms with Crippen LogP contribution in [0.25, 0.3) is 0 Å². The average Bonchev–Trinajstić information content (AvgIpc) is 2.79. The number of nitrogens with one attached hydrogen (secondary N) is 1. The SMILES string of the molecule is Nc1cc(Br)cnc1NCCCn1ccnc1. The van der Waals surface area contributed by atoms with E-state index in [0.717, 1.165) is 29.8 Å². The van der Waals surface area contributed by atoms with Gasteiger partial charge in [-0.05, 0) is 28.4 Å². The van der Waals surface area contributed by atoms with Gasteiger partial charge in [-0.15, -0.1) is 0 Å². The topological polar surface area (TPSA) is 68.8 Å². The molecule has 6 heteroatoms. The Labute approximate surface area is 108 Å². The van der Waals surface area contributed by atoms with E-state index < -0.39 is 0 Å². The summed E-state index contributed by atoms with van der Waals surface area (Å²) in [4.78, 5) is 8.20. The van der Waals surface area contributed by atoms with Crippen LogP contribution in [0.5, 0.6) is 0 Å². The summed E-state index contributed by atoms with van der Waals surface area (Å²) in [5.74, 6) is 0.735. The van der Waals surface area contributed by atoms with Gasteiger partial charge >= 0.3 is 0 Å². The molecule has 0 radical (unpaired) electrons. The molecule has 3 N–H and O–H groups in total. The quantitative estimate of drug-likeness (QED) is 0.829. The summed E-state index contributed by atoms with van der Waals surface area (Å²) in [6.07, 6.45) is 8.27. The summed E-state index contributed by atoms with van der Waals surface area (Å²) in [7, 11) is 0. The second-order valence-electron chi connectivity index (χ2n) is 3.67. The Morgan fingerprint density at radius 2 is 2.35 bits per heavy atom. The number of anilines is 2. The van der Waals surface area contributed by atoms with Gasteiger partial charge < -0.3 is 15.6 Å². The Kier molecular flexibility index (Phi) is 3.98. The van der Waals surface area contributed by atoms with Crippen molar-refractivity contribution in [3.63, 3.8) is 0 Å². The van der Waals surface area contributed by atoms with Gasteiger partial charge in [0.05, 0.1) is 12.0 Å². The molecule has 0 aliphatic rings. The molecule has 0 aromatic carbocycles. The summed E-state index contributed by atoms with van der Waals surface area (Å²) in [6, 6.07) is 1.84. The molecular weight excluding hydrogens is 282 g/mol. The van der Waals surface area contributed by atoms with Crippen molar-refractivity contribution in [1.29, 1.82) is 0 Å². The van der Waals surface area contributed by atoms with Gasteiger partial charge in [-0.3, -0.25) is 0 Å². The van der Waals surface area contributed by atoms with Crippen LogP contribution in [-0.4, -0.2) is 21.1 Å². The predicted octanol–water partition coefficient (Wildman–Crippen LogP) is 2.12. The first kappa shape index (κ1) is 11.9. The molecule has 0 fully saturated rings. The van der Waals surface area contributed by atoms with Gasteiger partial charge in [0, 0.05) is 36.2 Å². The number of nitrogen functional groups attached to an aromatic ring is 1. The molecule has 0 spiro atoms. The van der Waals surface area contributed by atoms with Crippen LogP contribution in [-0.2, 0) is 6.54 Å². The Balaban J connectivity index is 1.78. The van der Waals surface area contributed by atoms with Crippen LogP contribution in [0.4, 0.5) is 11.5 Å². The monoisotopic (exact) mass is 295 g/mol. The van der Waals surface area contributed by atoms with Crippen molar-refractivity contribution in [3.05, 3.63) is 35.5 Å². The first-order valence-corrected chi connectivity index (χ1v) is 6.15.